The fraction of sp³-hybridized carbons (Fsp3) is 0.500. The highest BCUT2D eigenvalue weighted by atomic mass is 16.5. The maximum Gasteiger partial charge on any atom is 0.226 e. The van der Waals surface area contributed by atoms with Gasteiger partial charge in [0.25, 0.3) is 0 Å². The molecule has 0 spiro atoms. The first-order chi connectivity index (χ1) is 12.2. The molecule has 5 nitrogen and oxygen atoms in total. The predicted octanol–water partition coefficient (Wildman–Crippen LogP) is 2.85. The molecule has 1 N–H and O–H groups in total. The summed E-state index contributed by atoms with van der Waals surface area (Å²) in [7, 11) is 0. The molecule has 1 unspecified atom stereocenters. The van der Waals surface area contributed by atoms with E-state index in [-0.39, 0.29) is 12.3 Å². The zero-order chi connectivity index (χ0) is 17.5. The Labute approximate surface area is 148 Å². The Kier molecular flexibility index (Phi) is 6.23. The molecule has 2 aromatic rings. The molecule has 1 aliphatic heterocycles. The van der Waals surface area contributed by atoms with Gasteiger partial charge >= 0.3 is 0 Å². The molecule has 3 rings (SSSR count). The standard InChI is InChI=1S/C20H26N2O3/c1-15-18(12-20(23)21-13-17-10-11-24-14-17)22-25-19(15)9-5-8-16-6-3-2-4-7-16/h2-4,6-7,17H,5,8-14H2,1H3,(H,21,23). The minimum atomic E-state index is -0.000800. The minimum Gasteiger partial charge on any atom is -0.381 e. The monoisotopic (exact) mass is 342 g/mol. The van der Waals surface area contributed by atoms with Crippen LogP contribution in [-0.4, -0.2) is 30.8 Å². The van der Waals surface area contributed by atoms with Crippen LogP contribution in [0.5, 0.6) is 0 Å². The average molecular weight is 342 g/mol. The molecule has 0 aliphatic carbocycles. The van der Waals surface area contributed by atoms with E-state index in [1.54, 1.807) is 0 Å². The molecule has 1 atom stereocenters. The van der Waals surface area contributed by atoms with Gasteiger partial charge in [0.15, 0.2) is 0 Å². The molecule has 0 saturated carbocycles. The van der Waals surface area contributed by atoms with Gasteiger partial charge in [-0.3, -0.25) is 4.79 Å². The summed E-state index contributed by atoms with van der Waals surface area (Å²) < 4.78 is 10.8. The molecule has 1 aromatic carbocycles. The summed E-state index contributed by atoms with van der Waals surface area (Å²) in [5.41, 5.74) is 3.08. The lowest BCUT2D eigenvalue weighted by molar-refractivity contribution is -0.120. The quantitative estimate of drug-likeness (QED) is 0.801. The lowest BCUT2D eigenvalue weighted by atomic mass is 10.0. The number of hydrogen-bond donors (Lipinski definition) is 1. The van der Waals surface area contributed by atoms with Gasteiger partial charge in [-0.15, -0.1) is 0 Å². The molecule has 1 aromatic heterocycles. The van der Waals surface area contributed by atoms with Gasteiger partial charge in [-0.1, -0.05) is 35.5 Å². The number of rotatable bonds is 8. The van der Waals surface area contributed by atoms with Crippen molar-refractivity contribution >= 4 is 5.91 Å². The van der Waals surface area contributed by atoms with E-state index < -0.39 is 0 Å². The molecular formula is C20H26N2O3. The molecule has 1 saturated heterocycles. The molecule has 1 aliphatic rings. The first-order valence-electron chi connectivity index (χ1n) is 9.04. The summed E-state index contributed by atoms with van der Waals surface area (Å²) >= 11 is 0. The zero-order valence-corrected chi connectivity index (χ0v) is 14.8. The number of ether oxygens (including phenoxy) is 1. The smallest absolute Gasteiger partial charge is 0.226 e. The van der Waals surface area contributed by atoms with Gasteiger partial charge in [-0.05, 0) is 31.7 Å². The second kappa shape index (κ2) is 8.81. The number of carbonyl (C=O) groups is 1. The third-order valence-electron chi connectivity index (χ3n) is 4.77. The van der Waals surface area contributed by atoms with Crippen molar-refractivity contribution in [2.45, 2.75) is 39.0 Å². The van der Waals surface area contributed by atoms with Crippen molar-refractivity contribution in [3.05, 3.63) is 52.9 Å². The molecule has 5 heteroatoms. The van der Waals surface area contributed by atoms with E-state index in [9.17, 15) is 4.79 Å². The Morgan fingerprint density at radius 1 is 1.28 bits per heavy atom. The van der Waals surface area contributed by atoms with E-state index in [1.165, 1.54) is 5.56 Å². The first kappa shape index (κ1) is 17.7. The molecular weight excluding hydrogens is 316 g/mol. The Morgan fingerprint density at radius 2 is 2.12 bits per heavy atom. The Bertz CT molecular complexity index is 676. The summed E-state index contributed by atoms with van der Waals surface area (Å²) in [6, 6.07) is 10.4. The number of amides is 1. The van der Waals surface area contributed by atoms with E-state index in [0.717, 1.165) is 55.9 Å². The van der Waals surface area contributed by atoms with Gasteiger partial charge in [0.05, 0.1) is 18.7 Å². The highest BCUT2D eigenvalue weighted by Gasteiger charge is 2.18. The molecule has 25 heavy (non-hydrogen) atoms. The average Bonchev–Trinajstić information content (AvgIpc) is 3.26. The number of carbonyl (C=O) groups excluding carboxylic acids is 1. The fourth-order valence-electron chi connectivity index (χ4n) is 3.12. The highest BCUT2D eigenvalue weighted by molar-refractivity contribution is 5.78. The van der Waals surface area contributed by atoms with Crippen molar-refractivity contribution in [2.75, 3.05) is 19.8 Å². The number of benzene rings is 1. The van der Waals surface area contributed by atoms with Gasteiger partial charge < -0.3 is 14.6 Å². The van der Waals surface area contributed by atoms with E-state index in [1.807, 2.05) is 13.0 Å². The summed E-state index contributed by atoms with van der Waals surface area (Å²) in [5, 5.41) is 7.07. The summed E-state index contributed by atoms with van der Waals surface area (Å²) in [6.07, 6.45) is 4.17. The predicted molar refractivity (Wildman–Crippen MR) is 95.3 cm³/mol. The van der Waals surface area contributed by atoms with Gasteiger partial charge in [0.1, 0.15) is 5.76 Å². The van der Waals surface area contributed by atoms with Crippen molar-refractivity contribution in [3.8, 4) is 0 Å². The van der Waals surface area contributed by atoms with Crippen LogP contribution in [0.4, 0.5) is 0 Å². The van der Waals surface area contributed by atoms with Crippen LogP contribution in [0, 0.1) is 12.8 Å². The Morgan fingerprint density at radius 3 is 2.88 bits per heavy atom. The van der Waals surface area contributed by atoms with Gasteiger partial charge in [-0.25, -0.2) is 0 Å². The topological polar surface area (TPSA) is 64.4 Å². The van der Waals surface area contributed by atoms with Gasteiger partial charge in [0.2, 0.25) is 5.91 Å². The zero-order valence-electron chi connectivity index (χ0n) is 14.8. The maximum absolute atomic E-state index is 12.1. The fourth-order valence-corrected chi connectivity index (χ4v) is 3.12. The van der Waals surface area contributed by atoms with E-state index in [4.69, 9.17) is 9.26 Å². The molecule has 1 amide bonds. The van der Waals surface area contributed by atoms with Crippen LogP contribution in [0.3, 0.4) is 0 Å². The highest BCUT2D eigenvalue weighted by Crippen LogP contribution is 2.17. The van der Waals surface area contributed by atoms with E-state index >= 15 is 0 Å². The third-order valence-corrected chi connectivity index (χ3v) is 4.77. The Balaban J connectivity index is 1.44. The molecule has 2 heterocycles. The van der Waals surface area contributed by atoms with E-state index in [0.29, 0.717) is 12.5 Å². The number of hydrogen-bond acceptors (Lipinski definition) is 4. The lowest BCUT2D eigenvalue weighted by Crippen LogP contribution is -2.30. The second-order valence-corrected chi connectivity index (χ2v) is 6.73. The number of aryl methyl sites for hydroxylation is 2. The van der Waals surface area contributed by atoms with Gasteiger partial charge in [-0.2, -0.15) is 0 Å². The van der Waals surface area contributed by atoms with Crippen LogP contribution in [0.1, 0.15) is 35.4 Å². The van der Waals surface area contributed by atoms with E-state index in [2.05, 4.69) is 34.7 Å². The summed E-state index contributed by atoms with van der Waals surface area (Å²) in [6.45, 7) is 4.21. The largest absolute Gasteiger partial charge is 0.381 e. The molecule has 0 radical (unpaired) electrons. The van der Waals surface area contributed by atoms with Crippen LogP contribution >= 0.6 is 0 Å². The number of nitrogens with zero attached hydrogens (tertiary/aromatic N) is 1. The van der Waals surface area contributed by atoms with Crippen molar-refractivity contribution < 1.29 is 14.1 Å². The van der Waals surface area contributed by atoms with Crippen LogP contribution in [0.2, 0.25) is 0 Å². The van der Waals surface area contributed by atoms with Crippen molar-refractivity contribution in [1.29, 1.82) is 0 Å². The molecule has 134 valence electrons. The molecule has 1 fully saturated rings. The first-order valence-corrected chi connectivity index (χ1v) is 9.04. The second-order valence-electron chi connectivity index (χ2n) is 6.73. The van der Waals surface area contributed by atoms with Crippen molar-refractivity contribution in [2.24, 2.45) is 5.92 Å². The third kappa shape index (κ3) is 5.16. The number of nitrogens with one attached hydrogen (secondary N) is 1. The lowest BCUT2D eigenvalue weighted by Gasteiger charge is -2.08. The van der Waals surface area contributed by atoms with Crippen LogP contribution in [0.25, 0.3) is 0 Å². The molecule has 0 bridgehead atoms. The van der Waals surface area contributed by atoms with Crippen molar-refractivity contribution in [1.82, 2.24) is 10.5 Å². The SMILES string of the molecule is Cc1c(CC(=O)NCC2CCOC2)noc1CCCc1ccccc1. The summed E-state index contributed by atoms with van der Waals surface area (Å²) in [5.74, 6) is 1.33. The minimum absolute atomic E-state index is 0.000800. The van der Waals surface area contributed by atoms with Crippen LogP contribution in [-0.2, 0) is 28.8 Å². The normalized spacial score (nSPS) is 16.9. The summed E-state index contributed by atoms with van der Waals surface area (Å²) in [4.78, 5) is 12.1. The van der Waals surface area contributed by atoms with Crippen LogP contribution < -0.4 is 5.32 Å². The van der Waals surface area contributed by atoms with Crippen LogP contribution in [0.15, 0.2) is 34.9 Å². The Hall–Kier alpha value is -2.14. The van der Waals surface area contributed by atoms with Crippen molar-refractivity contribution in [3.63, 3.8) is 0 Å². The van der Waals surface area contributed by atoms with Gasteiger partial charge in [0, 0.05) is 31.1 Å². The number of aromatic nitrogens is 1. The maximum atomic E-state index is 12.1.